The monoisotopic (exact) mass is 233 g/mol. The van der Waals surface area contributed by atoms with Gasteiger partial charge >= 0.3 is 8.80 Å². The number of aliphatic hydroxyl groups is 1. The van der Waals surface area contributed by atoms with E-state index in [1.54, 1.807) is 0 Å². The highest BCUT2D eigenvalue weighted by Crippen LogP contribution is 2.22. The van der Waals surface area contributed by atoms with E-state index in [4.69, 9.17) is 18.4 Å². The van der Waals surface area contributed by atoms with Crippen LogP contribution in [-0.2, 0) is 13.3 Å². The highest BCUT2D eigenvalue weighted by molar-refractivity contribution is 6.60. The van der Waals surface area contributed by atoms with E-state index < -0.39 is 8.80 Å². The molecule has 0 atom stereocenters. The highest BCUT2D eigenvalue weighted by atomic mass is 28.4. The van der Waals surface area contributed by atoms with Crippen LogP contribution in [0.15, 0.2) is 0 Å². The van der Waals surface area contributed by atoms with Gasteiger partial charge in [0.05, 0.1) is 26.4 Å². The molecule has 6 heteroatoms. The summed E-state index contributed by atoms with van der Waals surface area (Å²) in [5.41, 5.74) is 0. The Morgan fingerprint density at radius 3 is 2.60 bits per heavy atom. The molecule has 0 radical (unpaired) electrons. The lowest BCUT2D eigenvalue weighted by Gasteiger charge is -2.37. The Morgan fingerprint density at radius 2 is 1.93 bits per heavy atom. The number of hydrogen-bond acceptors (Lipinski definition) is 5. The van der Waals surface area contributed by atoms with Crippen LogP contribution in [0.4, 0.5) is 0 Å². The Bertz CT molecular complexity index is 172. The van der Waals surface area contributed by atoms with Crippen LogP contribution in [0, 0.1) is 0 Å². The summed E-state index contributed by atoms with van der Waals surface area (Å²) in [6.07, 6.45) is 1.07. The van der Waals surface area contributed by atoms with Crippen LogP contribution in [0.1, 0.15) is 6.42 Å². The molecule has 88 valence electrons. The topological polar surface area (TPSA) is 51.2 Å². The first-order chi connectivity index (χ1) is 7.35. The second-order valence-electron chi connectivity index (χ2n) is 3.90. The van der Waals surface area contributed by atoms with Gasteiger partial charge in [0.25, 0.3) is 0 Å². The quantitative estimate of drug-likeness (QED) is 0.678. The Kier molecular flexibility index (Phi) is 4.12. The lowest BCUT2D eigenvalue weighted by molar-refractivity contribution is 0.00699. The van der Waals surface area contributed by atoms with Gasteiger partial charge in [0, 0.05) is 19.1 Å². The minimum atomic E-state index is -2.43. The number of rotatable bonds is 3. The van der Waals surface area contributed by atoms with Gasteiger partial charge in [-0.2, -0.15) is 0 Å². The second kappa shape index (κ2) is 5.38. The maximum absolute atomic E-state index is 8.79. The fourth-order valence-corrected chi connectivity index (χ4v) is 4.54. The molecular formula is C9H19NO4Si. The molecule has 0 aliphatic carbocycles. The van der Waals surface area contributed by atoms with Crippen molar-refractivity contribution in [1.82, 2.24) is 4.90 Å². The molecule has 2 bridgehead atoms. The third-order valence-corrected chi connectivity index (χ3v) is 5.73. The first-order valence-electron chi connectivity index (χ1n) is 5.60. The zero-order valence-corrected chi connectivity index (χ0v) is 9.98. The van der Waals surface area contributed by atoms with Crippen LogP contribution in [-0.4, -0.2) is 64.9 Å². The Hall–Kier alpha value is 0.0169. The van der Waals surface area contributed by atoms with E-state index in [0.717, 1.165) is 32.1 Å². The van der Waals surface area contributed by atoms with Gasteiger partial charge in [0.1, 0.15) is 0 Å². The van der Waals surface area contributed by atoms with Gasteiger partial charge in [-0.3, -0.25) is 4.90 Å². The third kappa shape index (κ3) is 2.99. The van der Waals surface area contributed by atoms with Crippen molar-refractivity contribution in [3.63, 3.8) is 0 Å². The summed E-state index contributed by atoms with van der Waals surface area (Å²) < 4.78 is 17.2. The SMILES string of the molecule is OCCO[Si]12CCCN(CCO1)CCO2. The van der Waals surface area contributed by atoms with Gasteiger partial charge in [-0.05, 0) is 13.0 Å². The largest absolute Gasteiger partial charge is 0.501 e. The van der Waals surface area contributed by atoms with Crippen LogP contribution in [0.5, 0.6) is 0 Å². The van der Waals surface area contributed by atoms with Gasteiger partial charge in [-0.25, -0.2) is 0 Å². The van der Waals surface area contributed by atoms with Crippen molar-refractivity contribution in [1.29, 1.82) is 0 Å². The molecule has 0 unspecified atom stereocenters. The third-order valence-electron chi connectivity index (χ3n) is 2.83. The molecule has 3 rings (SSSR count). The molecule has 3 saturated heterocycles. The smallest absolute Gasteiger partial charge is 0.394 e. The molecule has 0 aromatic heterocycles. The van der Waals surface area contributed by atoms with Gasteiger partial charge in [0.2, 0.25) is 0 Å². The molecule has 15 heavy (non-hydrogen) atoms. The molecular weight excluding hydrogens is 214 g/mol. The molecule has 0 aromatic rings. The average Bonchev–Trinajstić information content (AvgIpc) is 2.14. The molecule has 0 amide bonds. The maximum atomic E-state index is 8.79. The molecule has 3 fully saturated rings. The summed E-state index contributed by atoms with van der Waals surface area (Å²) in [6.45, 7) is 4.81. The van der Waals surface area contributed by atoms with E-state index in [1.165, 1.54) is 0 Å². The van der Waals surface area contributed by atoms with Crippen LogP contribution in [0.2, 0.25) is 6.04 Å². The normalized spacial score (nSPS) is 37.0. The van der Waals surface area contributed by atoms with E-state index in [-0.39, 0.29) is 6.61 Å². The molecule has 5 nitrogen and oxygen atoms in total. The summed E-state index contributed by atoms with van der Waals surface area (Å²) in [7, 11) is -2.43. The predicted octanol–water partition coefficient (Wildman–Crippen LogP) is -0.313. The van der Waals surface area contributed by atoms with Gasteiger partial charge in [-0.15, -0.1) is 0 Å². The van der Waals surface area contributed by atoms with Gasteiger partial charge in [-0.1, -0.05) is 0 Å². The number of fused-ring (bicyclic) bond motifs is 6. The van der Waals surface area contributed by atoms with Crippen molar-refractivity contribution in [3.05, 3.63) is 0 Å². The highest BCUT2D eigenvalue weighted by Gasteiger charge is 2.43. The zero-order chi connectivity index (χ0) is 10.6. The molecule has 1 N–H and O–H groups in total. The van der Waals surface area contributed by atoms with Crippen LogP contribution in [0.25, 0.3) is 0 Å². The van der Waals surface area contributed by atoms with E-state index in [9.17, 15) is 0 Å². The fraction of sp³-hybridized carbons (Fsp3) is 1.00. The van der Waals surface area contributed by atoms with E-state index >= 15 is 0 Å². The van der Waals surface area contributed by atoms with Crippen molar-refractivity contribution in [2.45, 2.75) is 12.5 Å². The van der Waals surface area contributed by atoms with Crippen molar-refractivity contribution in [3.8, 4) is 0 Å². The molecule has 0 saturated carbocycles. The summed E-state index contributed by atoms with van der Waals surface area (Å²) in [5.74, 6) is 0. The van der Waals surface area contributed by atoms with E-state index in [2.05, 4.69) is 4.90 Å². The molecule has 3 heterocycles. The first-order valence-corrected chi connectivity index (χ1v) is 7.53. The minimum absolute atomic E-state index is 0.0353. The van der Waals surface area contributed by atoms with Crippen molar-refractivity contribution in [2.75, 3.05) is 46.1 Å². The average molecular weight is 233 g/mol. The Labute approximate surface area is 91.3 Å². The molecule has 0 aromatic carbocycles. The lowest BCUT2D eigenvalue weighted by atomic mass is 10.4. The summed E-state index contributed by atoms with van der Waals surface area (Å²) in [6, 6.07) is 0.878. The van der Waals surface area contributed by atoms with Crippen LogP contribution in [0.3, 0.4) is 0 Å². The standard InChI is InChI=1S/C9H19NO4Si/c11-5-8-14-15-9-1-2-10(3-6-12-15)4-7-13-15/h11H,1-9H2. The minimum Gasteiger partial charge on any atom is -0.394 e. The number of nitrogens with zero attached hydrogens (tertiary/aromatic N) is 1. The lowest BCUT2D eigenvalue weighted by Crippen LogP contribution is -2.53. The molecule has 3 aliphatic rings. The fourth-order valence-electron chi connectivity index (χ4n) is 2.06. The summed E-state index contributed by atoms with van der Waals surface area (Å²) in [4.78, 5) is 2.36. The van der Waals surface area contributed by atoms with E-state index in [1.807, 2.05) is 0 Å². The Balaban J connectivity index is 1.98. The predicted molar refractivity (Wildman–Crippen MR) is 56.6 cm³/mol. The summed E-state index contributed by atoms with van der Waals surface area (Å²) in [5, 5.41) is 8.79. The first kappa shape index (κ1) is 11.5. The zero-order valence-electron chi connectivity index (χ0n) is 8.98. The Morgan fingerprint density at radius 1 is 1.20 bits per heavy atom. The van der Waals surface area contributed by atoms with E-state index in [0.29, 0.717) is 19.8 Å². The summed E-state index contributed by atoms with van der Waals surface area (Å²) >= 11 is 0. The maximum Gasteiger partial charge on any atom is 0.501 e. The number of hydrogen-bond donors (Lipinski definition) is 1. The van der Waals surface area contributed by atoms with Gasteiger partial charge in [0.15, 0.2) is 0 Å². The van der Waals surface area contributed by atoms with Crippen LogP contribution >= 0.6 is 0 Å². The molecule has 3 aliphatic heterocycles. The number of aliphatic hydroxyl groups excluding tert-OH is 1. The van der Waals surface area contributed by atoms with Gasteiger partial charge < -0.3 is 18.4 Å². The second-order valence-corrected chi connectivity index (χ2v) is 6.63. The van der Waals surface area contributed by atoms with Crippen LogP contribution < -0.4 is 0 Å². The van der Waals surface area contributed by atoms with Crippen molar-refractivity contribution >= 4 is 8.80 Å². The molecule has 0 spiro atoms. The van der Waals surface area contributed by atoms with Crippen molar-refractivity contribution < 1.29 is 18.4 Å². The van der Waals surface area contributed by atoms with Crippen molar-refractivity contribution in [2.24, 2.45) is 0 Å².